The quantitative estimate of drug-likeness (QED) is 0.587. The van der Waals surface area contributed by atoms with Crippen molar-refractivity contribution < 1.29 is 9.47 Å². The molecule has 2 aromatic carbocycles. The number of nitriles is 1. The van der Waals surface area contributed by atoms with Gasteiger partial charge in [0.15, 0.2) is 0 Å². The Hall–Kier alpha value is -3.10. The summed E-state index contributed by atoms with van der Waals surface area (Å²) >= 11 is 0. The largest absolute Gasteiger partial charge is 0.489 e. The molecule has 3 aromatic rings. The molecule has 0 amide bonds. The van der Waals surface area contributed by atoms with Gasteiger partial charge >= 0.3 is 0 Å². The summed E-state index contributed by atoms with van der Waals surface area (Å²) in [5, 5.41) is 10.1. The standard InChI is InChI=1S/C25H27N3O2/c1-17-11-23-24(13-20(17)15-30-22-8-6-19(14-26)7-9-22)27-18(2)12-25(23)28-10-4-5-21(28)16-29-3/h6-9,11-13,21H,4-5,10,15-16H2,1-3H3/t21-/m0/s1. The summed E-state index contributed by atoms with van der Waals surface area (Å²) in [5.41, 5.74) is 6.20. The van der Waals surface area contributed by atoms with Crippen molar-refractivity contribution in [3.8, 4) is 11.8 Å². The molecule has 1 aromatic heterocycles. The number of nitrogens with zero attached hydrogens (tertiary/aromatic N) is 3. The Labute approximate surface area is 177 Å². The molecule has 1 fully saturated rings. The summed E-state index contributed by atoms with van der Waals surface area (Å²) in [5.74, 6) is 0.755. The molecule has 1 saturated heterocycles. The molecular formula is C25H27N3O2. The molecule has 154 valence electrons. The highest BCUT2D eigenvalue weighted by atomic mass is 16.5. The van der Waals surface area contributed by atoms with E-state index in [9.17, 15) is 0 Å². The Morgan fingerprint density at radius 1 is 1.17 bits per heavy atom. The SMILES string of the molecule is COC[C@@H]1CCCN1c1cc(C)nc2cc(COc3ccc(C#N)cc3)c(C)cc12. The van der Waals surface area contributed by atoms with Gasteiger partial charge in [0.05, 0.1) is 29.8 Å². The zero-order valence-corrected chi connectivity index (χ0v) is 17.8. The number of rotatable bonds is 6. The number of benzene rings is 2. The third-order valence-corrected chi connectivity index (χ3v) is 5.80. The van der Waals surface area contributed by atoms with E-state index < -0.39 is 0 Å². The first-order valence-electron chi connectivity index (χ1n) is 10.4. The maximum absolute atomic E-state index is 8.93. The molecule has 0 spiro atoms. The van der Waals surface area contributed by atoms with Crippen LogP contribution in [0.1, 0.15) is 35.2 Å². The summed E-state index contributed by atoms with van der Waals surface area (Å²) in [7, 11) is 1.77. The van der Waals surface area contributed by atoms with Crippen LogP contribution in [-0.2, 0) is 11.3 Å². The van der Waals surface area contributed by atoms with Gasteiger partial charge in [0.2, 0.25) is 0 Å². The van der Waals surface area contributed by atoms with Gasteiger partial charge in [-0.15, -0.1) is 0 Å². The normalized spacial score (nSPS) is 16.1. The van der Waals surface area contributed by atoms with E-state index in [1.165, 1.54) is 23.1 Å². The summed E-state index contributed by atoms with van der Waals surface area (Å²) in [6.07, 6.45) is 2.35. The summed E-state index contributed by atoms with van der Waals surface area (Å²) in [6.45, 7) is 6.44. The molecule has 2 heterocycles. The lowest BCUT2D eigenvalue weighted by molar-refractivity contribution is 0.181. The highest BCUT2D eigenvalue weighted by Gasteiger charge is 2.26. The van der Waals surface area contributed by atoms with Crippen LogP contribution in [0.25, 0.3) is 10.9 Å². The number of hydrogen-bond acceptors (Lipinski definition) is 5. The Kier molecular flexibility index (Phi) is 5.87. The van der Waals surface area contributed by atoms with Crippen molar-refractivity contribution in [1.82, 2.24) is 4.98 Å². The number of ether oxygens (including phenoxy) is 2. The van der Waals surface area contributed by atoms with Gasteiger partial charge < -0.3 is 14.4 Å². The monoisotopic (exact) mass is 401 g/mol. The van der Waals surface area contributed by atoms with Crippen molar-refractivity contribution >= 4 is 16.6 Å². The third kappa shape index (κ3) is 4.10. The summed E-state index contributed by atoms with van der Waals surface area (Å²) < 4.78 is 11.4. The highest BCUT2D eigenvalue weighted by Crippen LogP contribution is 2.34. The first-order chi connectivity index (χ1) is 14.6. The summed E-state index contributed by atoms with van der Waals surface area (Å²) in [6, 6.07) is 16.3. The van der Waals surface area contributed by atoms with Gasteiger partial charge in [-0.1, -0.05) is 0 Å². The van der Waals surface area contributed by atoms with Crippen LogP contribution in [0.5, 0.6) is 5.75 Å². The second kappa shape index (κ2) is 8.73. The molecule has 30 heavy (non-hydrogen) atoms. The Morgan fingerprint density at radius 3 is 2.70 bits per heavy atom. The number of methoxy groups -OCH3 is 1. The summed E-state index contributed by atoms with van der Waals surface area (Å²) in [4.78, 5) is 7.29. The molecule has 1 aliphatic heterocycles. The predicted octanol–water partition coefficient (Wildman–Crippen LogP) is 4.92. The predicted molar refractivity (Wildman–Crippen MR) is 119 cm³/mol. The van der Waals surface area contributed by atoms with E-state index >= 15 is 0 Å². The van der Waals surface area contributed by atoms with Gasteiger partial charge in [-0.05, 0) is 80.3 Å². The zero-order chi connectivity index (χ0) is 21.1. The van der Waals surface area contributed by atoms with E-state index in [0.29, 0.717) is 18.2 Å². The smallest absolute Gasteiger partial charge is 0.119 e. The third-order valence-electron chi connectivity index (χ3n) is 5.80. The van der Waals surface area contributed by atoms with Crippen molar-refractivity contribution in [1.29, 1.82) is 5.26 Å². The highest BCUT2D eigenvalue weighted by molar-refractivity contribution is 5.93. The molecule has 0 radical (unpaired) electrons. The molecule has 0 unspecified atom stereocenters. The maximum atomic E-state index is 8.93. The number of anilines is 1. The molecular weight excluding hydrogens is 374 g/mol. The Morgan fingerprint density at radius 2 is 1.97 bits per heavy atom. The fraction of sp³-hybridized carbons (Fsp3) is 0.360. The van der Waals surface area contributed by atoms with Crippen LogP contribution < -0.4 is 9.64 Å². The average Bonchev–Trinajstić information content (AvgIpc) is 3.21. The van der Waals surface area contributed by atoms with E-state index in [1.807, 2.05) is 12.1 Å². The number of pyridine rings is 1. The van der Waals surface area contributed by atoms with Crippen LogP contribution in [0.2, 0.25) is 0 Å². The molecule has 1 aliphatic rings. The van der Waals surface area contributed by atoms with Gasteiger partial charge in [-0.3, -0.25) is 4.98 Å². The van der Waals surface area contributed by atoms with Crippen LogP contribution in [0.4, 0.5) is 5.69 Å². The van der Waals surface area contributed by atoms with E-state index in [4.69, 9.17) is 19.7 Å². The number of fused-ring (bicyclic) bond motifs is 1. The molecule has 0 aliphatic carbocycles. The van der Waals surface area contributed by atoms with Crippen molar-refractivity contribution in [2.45, 2.75) is 39.3 Å². The van der Waals surface area contributed by atoms with Gasteiger partial charge in [-0.25, -0.2) is 0 Å². The van der Waals surface area contributed by atoms with Crippen molar-refractivity contribution in [3.63, 3.8) is 0 Å². The fourth-order valence-corrected chi connectivity index (χ4v) is 4.23. The first kappa shape index (κ1) is 20.2. The van der Waals surface area contributed by atoms with Gasteiger partial charge in [-0.2, -0.15) is 5.26 Å². The Bertz CT molecular complexity index is 1090. The Balaban J connectivity index is 1.64. The van der Waals surface area contributed by atoms with E-state index in [0.717, 1.165) is 42.1 Å². The molecule has 1 atom stereocenters. The molecule has 0 saturated carbocycles. The van der Waals surface area contributed by atoms with E-state index in [1.54, 1.807) is 19.2 Å². The number of aryl methyl sites for hydroxylation is 2. The van der Waals surface area contributed by atoms with Gasteiger partial charge in [0.25, 0.3) is 0 Å². The van der Waals surface area contributed by atoms with Crippen molar-refractivity contribution in [2.24, 2.45) is 0 Å². The van der Waals surface area contributed by atoms with Crippen LogP contribution in [0.3, 0.4) is 0 Å². The molecule has 0 N–H and O–H groups in total. The van der Waals surface area contributed by atoms with Crippen LogP contribution in [0, 0.1) is 25.2 Å². The lowest BCUT2D eigenvalue weighted by Gasteiger charge is -2.28. The second-order valence-electron chi connectivity index (χ2n) is 7.95. The minimum atomic E-state index is 0.416. The molecule has 4 rings (SSSR count). The van der Waals surface area contributed by atoms with E-state index in [2.05, 4.69) is 43.0 Å². The minimum absolute atomic E-state index is 0.416. The maximum Gasteiger partial charge on any atom is 0.119 e. The average molecular weight is 402 g/mol. The fourth-order valence-electron chi connectivity index (χ4n) is 4.23. The minimum Gasteiger partial charge on any atom is -0.489 e. The van der Waals surface area contributed by atoms with Crippen LogP contribution >= 0.6 is 0 Å². The molecule has 5 heteroatoms. The van der Waals surface area contributed by atoms with Gasteiger partial charge in [0.1, 0.15) is 12.4 Å². The molecule has 0 bridgehead atoms. The lowest BCUT2D eigenvalue weighted by Crippen LogP contribution is -2.33. The number of hydrogen-bond donors (Lipinski definition) is 0. The molecule has 5 nitrogen and oxygen atoms in total. The lowest BCUT2D eigenvalue weighted by atomic mass is 10.0. The van der Waals surface area contributed by atoms with E-state index in [-0.39, 0.29) is 0 Å². The number of aromatic nitrogens is 1. The van der Waals surface area contributed by atoms with Gasteiger partial charge in [0, 0.05) is 30.4 Å². The topological polar surface area (TPSA) is 58.4 Å². The second-order valence-corrected chi connectivity index (χ2v) is 7.95. The van der Waals surface area contributed by atoms with Crippen LogP contribution in [-0.4, -0.2) is 31.3 Å². The first-order valence-corrected chi connectivity index (χ1v) is 10.4. The van der Waals surface area contributed by atoms with Crippen LogP contribution in [0.15, 0.2) is 42.5 Å². The van der Waals surface area contributed by atoms with Crippen molar-refractivity contribution in [2.75, 3.05) is 25.2 Å². The zero-order valence-electron chi connectivity index (χ0n) is 17.8. The van der Waals surface area contributed by atoms with Crippen molar-refractivity contribution in [3.05, 3.63) is 64.8 Å².